The number of anilines is 1. The predicted molar refractivity (Wildman–Crippen MR) is 101 cm³/mol. The van der Waals surface area contributed by atoms with Gasteiger partial charge in [-0.25, -0.2) is 4.98 Å². The summed E-state index contributed by atoms with van der Waals surface area (Å²) in [6, 6.07) is 8.73. The highest BCUT2D eigenvalue weighted by Gasteiger charge is 2.27. The van der Waals surface area contributed by atoms with E-state index in [-0.39, 0.29) is 11.9 Å². The molecule has 1 atom stereocenters. The molecule has 1 aliphatic rings. The smallest absolute Gasteiger partial charge is 0.222 e. The number of carbonyl (C=O) groups excluding carboxylic acids is 1. The Balaban J connectivity index is 1.51. The minimum absolute atomic E-state index is 0.246. The maximum atomic E-state index is 12.6. The topological polar surface area (TPSA) is 41.4 Å². The lowest BCUT2D eigenvalue weighted by atomic mass is 10.1. The van der Waals surface area contributed by atoms with Gasteiger partial charge in [-0.2, -0.15) is 0 Å². The van der Waals surface area contributed by atoms with Crippen molar-refractivity contribution in [3.8, 4) is 0 Å². The number of para-hydroxylation sites is 1. The van der Waals surface area contributed by atoms with E-state index in [2.05, 4.69) is 57.5 Å². The van der Waals surface area contributed by atoms with Crippen molar-refractivity contribution in [1.82, 2.24) is 14.5 Å². The molecular formula is C20H28N4O. The molecule has 1 fully saturated rings. The highest BCUT2D eigenvalue weighted by Crippen LogP contribution is 2.23. The summed E-state index contributed by atoms with van der Waals surface area (Å²) in [5.41, 5.74) is 2.59. The average molecular weight is 340 g/mol. The van der Waals surface area contributed by atoms with Crippen molar-refractivity contribution in [2.24, 2.45) is 0 Å². The van der Waals surface area contributed by atoms with Crippen LogP contribution >= 0.6 is 0 Å². The number of imidazole rings is 1. The molecule has 134 valence electrons. The van der Waals surface area contributed by atoms with E-state index in [9.17, 15) is 4.79 Å². The molecule has 2 aromatic rings. The highest BCUT2D eigenvalue weighted by molar-refractivity contribution is 5.77. The third-order valence-corrected chi connectivity index (χ3v) is 5.12. The zero-order valence-corrected chi connectivity index (χ0v) is 15.5. The Hall–Kier alpha value is -2.30. The largest absolute Gasteiger partial charge is 0.367 e. The standard InChI is InChI=1S/C20H28N4O/c1-16-7-4-5-8-19(16)23-13-14-24(17(2)15-23)20(25)9-6-11-22-12-10-21-18(22)3/h4-5,7-8,10,12,17H,6,9,11,13-15H2,1-3H3. The Labute approximate surface area is 150 Å². The lowest BCUT2D eigenvalue weighted by molar-refractivity contribution is -0.133. The second kappa shape index (κ2) is 7.72. The molecule has 0 saturated carbocycles. The van der Waals surface area contributed by atoms with E-state index < -0.39 is 0 Å². The van der Waals surface area contributed by atoms with Crippen LogP contribution in [0.3, 0.4) is 0 Å². The Morgan fingerprint density at radius 3 is 2.72 bits per heavy atom. The fraction of sp³-hybridized carbons (Fsp3) is 0.500. The van der Waals surface area contributed by atoms with Crippen LogP contribution in [0.15, 0.2) is 36.7 Å². The molecule has 0 aliphatic carbocycles. The van der Waals surface area contributed by atoms with E-state index in [1.165, 1.54) is 11.3 Å². The summed E-state index contributed by atoms with van der Waals surface area (Å²) in [5, 5.41) is 0. The number of aromatic nitrogens is 2. The van der Waals surface area contributed by atoms with Gasteiger partial charge >= 0.3 is 0 Å². The van der Waals surface area contributed by atoms with Crippen molar-refractivity contribution in [2.75, 3.05) is 24.5 Å². The van der Waals surface area contributed by atoms with Gasteiger partial charge in [0.15, 0.2) is 0 Å². The third-order valence-electron chi connectivity index (χ3n) is 5.12. The van der Waals surface area contributed by atoms with Crippen molar-refractivity contribution in [1.29, 1.82) is 0 Å². The summed E-state index contributed by atoms with van der Waals surface area (Å²) in [7, 11) is 0. The molecule has 1 unspecified atom stereocenters. The number of benzene rings is 1. The van der Waals surface area contributed by atoms with Crippen molar-refractivity contribution >= 4 is 11.6 Å². The van der Waals surface area contributed by atoms with Crippen molar-refractivity contribution < 1.29 is 4.79 Å². The van der Waals surface area contributed by atoms with Crippen molar-refractivity contribution in [2.45, 2.75) is 46.2 Å². The van der Waals surface area contributed by atoms with E-state index in [1.807, 2.05) is 19.3 Å². The molecule has 0 spiro atoms. The summed E-state index contributed by atoms with van der Waals surface area (Å²) in [4.78, 5) is 21.3. The minimum atomic E-state index is 0.246. The summed E-state index contributed by atoms with van der Waals surface area (Å²) >= 11 is 0. The second-order valence-corrected chi connectivity index (χ2v) is 6.94. The zero-order chi connectivity index (χ0) is 17.8. The van der Waals surface area contributed by atoms with Crippen molar-refractivity contribution in [3.63, 3.8) is 0 Å². The molecule has 1 aromatic carbocycles. The Bertz CT molecular complexity index is 724. The number of nitrogens with zero attached hydrogens (tertiary/aromatic N) is 4. The van der Waals surface area contributed by atoms with Gasteiger partial charge in [-0.15, -0.1) is 0 Å². The van der Waals surface area contributed by atoms with Gasteiger partial charge in [0.1, 0.15) is 5.82 Å². The van der Waals surface area contributed by atoms with Crippen LogP contribution in [-0.4, -0.2) is 46.0 Å². The summed E-state index contributed by atoms with van der Waals surface area (Å²) in [6.45, 7) is 9.76. The molecule has 0 bridgehead atoms. The Kier molecular flexibility index (Phi) is 5.41. The Morgan fingerprint density at radius 1 is 1.24 bits per heavy atom. The van der Waals surface area contributed by atoms with Gasteiger partial charge < -0.3 is 14.4 Å². The van der Waals surface area contributed by atoms with E-state index in [4.69, 9.17) is 0 Å². The van der Waals surface area contributed by atoms with E-state index in [1.54, 1.807) is 0 Å². The van der Waals surface area contributed by atoms with Crippen LogP contribution in [0.5, 0.6) is 0 Å². The fourth-order valence-electron chi connectivity index (χ4n) is 3.65. The lowest BCUT2D eigenvalue weighted by Crippen LogP contribution is -2.54. The maximum Gasteiger partial charge on any atom is 0.222 e. The number of amides is 1. The van der Waals surface area contributed by atoms with E-state index >= 15 is 0 Å². The fourth-order valence-corrected chi connectivity index (χ4v) is 3.65. The molecule has 3 rings (SSSR count). The molecule has 2 heterocycles. The van der Waals surface area contributed by atoms with Crippen LogP contribution < -0.4 is 4.90 Å². The molecule has 1 amide bonds. The summed E-state index contributed by atoms with van der Waals surface area (Å²) < 4.78 is 2.10. The van der Waals surface area contributed by atoms with Crippen LogP contribution in [0.1, 0.15) is 31.2 Å². The number of aryl methyl sites for hydroxylation is 3. The molecule has 0 N–H and O–H groups in total. The molecule has 1 aliphatic heterocycles. The predicted octanol–water partition coefficient (Wildman–Crippen LogP) is 3.02. The van der Waals surface area contributed by atoms with Gasteiger partial charge in [-0.05, 0) is 38.8 Å². The molecule has 1 saturated heterocycles. The lowest BCUT2D eigenvalue weighted by Gasteiger charge is -2.41. The molecule has 5 nitrogen and oxygen atoms in total. The molecule has 1 aromatic heterocycles. The van der Waals surface area contributed by atoms with Gasteiger partial charge in [-0.1, -0.05) is 18.2 Å². The van der Waals surface area contributed by atoms with Gasteiger partial charge in [0.25, 0.3) is 0 Å². The molecule has 25 heavy (non-hydrogen) atoms. The van der Waals surface area contributed by atoms with Crippen LogP contribution in [-0.2, 0) is 11.3 Å². The van der Waals surface area contributed by atoms with Crippen LogP contribution in [0, 0.1) is 13.8 Å². The van der Waals surface area contributed by atoms with E-state index in [0.29, 0.717) is 6.42 Å². The van der Waals surface area contributed by atoms with Crippen LogP contribution in [0.4, 0.5) is 5.69 Å². The number of rotatable bonds is 5. The molecular weight excluding hydrogens is 312 g/mol. The quantitative estimate of drug-likeness (QED) is 0.840. The van der Waals surface area contributed by atoms with E-state index in [0.717, 1.165) is 38.4 Å². The van der Waals surface area contributed by atoms with Crippen molar-refractivity contribution in [3.05, 3.63) is 48.0 Å². The number of hydrogen-bond acceptors (Lipinski definition) is 3. The number of hydrogen-bond donors (Lipinski definition) is 0. The van der Waals surface area contributed by atoms with Gasteiger partial charge in [0.2, 0.25) is 5.91 Å². The first kappa shape index (κ1) is 17.5. The maximum absolute atomic E-state index is 12.6. The SMILES string of the molecule is Cc1ccccc1N1CCN(C(=O)CCCn2ccnc2C)C(C)C1. The highest BCUT2D eigenvalue weighted by atomic mass is 16.2. The Morgan fingerprint density at radius 2 is 2.04 bits per heavy atom. The zero-order valence-electron chi connectivity index (χ0n) is 15.5. The summed E-state index contributed by atoms with van der Waals surface area (Å²) in [5.74, 6) is 1.28. The minimum Gasteiger partial charge on any atom is -0.367 e. The second-order valence-electron chi connectivity index (χ2n) is 6.94. The molecule has 0 radical (unpaired) electrons. The average Bonchev–Trinajstić information content (AvgIpc) is 3.00. The first-order chi connectivity index (χ1) is 12.1. The van der Waals surface area contributed by atoms with Gasteiger partial charge in [0, 0.05) is 56.7 Å². The summed E-state index contributed by atoms with van der Waals surface area (Å²) in [6.07, 6.45) is 5.25. The third kappa shape index (κ3) is 4.03. The first-order valence-corrected chi connectivity index (χ1v) is 9.14. The first-order valence-electron chi connectivity index (χ1n) is 9.14. The van der Waals surface area contributed by atoms with Crippen LogP contribution in [0.2, 0.25) is 0 Å². The normalized spacial score (nSPS) is 17.8. The number of piperazine rings is 1. The van der Waals surface area contributed by atoms with Gasteiger partial charge in [-0.3, -0.25) is 4.79 Å². The number of carbonyl (C=O) groups is 1. The molecule has 5 heteroatoms. The van der Waals surface area contributed by atoms with Crippen LogP contribution in [0.25, 0.3) is 0 Å². The van der Waals surface area contributed by atoms with Gasteiger partial charge in [0.05, 0.1) is 0 Å². The monoisotopic (exact) mass is 340 g/mol.